The number of aromatic hydroxyl groups is 1. The molecule has 0 saturated heterocycles. The number of thioether (sulfide) groups is 1. The van der Waals surface area contributed by atoms with Crippen molar-refractivity contribution in [3.8, 4) is 45.5 Å². The number of hydrazone groups is 1. The van der Waals surface area contributed by atoms with Gasteiger partial charge in [-0.25, -0.2) is 10.4 Å². The maximum atomic E-state index is 12.4. The van der Waals surface area contributed by atoms with E-state index < -0.39 is 0 Å². The van der Waals surface area contributed by atoms with Crippen LogP contribution in [0.1, 0.15) is 12.5 Å². The first-order valence-electron chi connectivity index (χ1n) is 11.8. The van der Waals surface area contributed by atoms with Gasteiger partial charge in [0.05, 0.1) is 44.2 Å². The summed E-state index contributed by atoms with van der Waals surface area (Å²) in [6, 6.07) is 20.2. The van der Waals surface area contributed by atoms with Crippen molar-refractivity contribution >= 4 is 23.9 Å². The van der Waals surface area contributed by atoms with Crippen molar-refractivity contribution in [2.24, 2.45) is 5.10 Å². The second-order valence-electron chi connectivity index (χ2n) is 7.96. The lowest BCUT2D eigenvalue weighted by atomic mass is 10.0. The molecule has 0 unspecified atom stereocenters. The summed E-state index contributed by atoms with van der Waals surface area (Å²) in [7, 11) is 3.25. The fourth-order valence-electron chi connectivity index (χ4n) is 3.57. The first-order chi connectivity index (χ1) is 18.5. The smallest absolute Gasteiger partial charge is 0.250 e. The summed E-state index contributed by atoms with van der Waals surface area (Å²) >= 11 is 1.27. The number of phenolic OH excluding ortho intramolecular Hbond substituents is 1. The van der Waals surface area contributed by atoms with Crippen molar-refractivity contribution in [1.82, 2.24) is 15.4 Å². The zero-order valence-electron chi connectivity index (χ0n) is 21.2. The molecular weight excluding hydrogens is 504 g/mol. The second kappa shape index (κ2) is 12.7. The average Bonchev–Trinajstić information content (AvgIpc) is 3.38. The number of rotatable bonds is 11. The summed E-state index contributed by atoms with van der Waals surface area (Å²) in [6.45, 7) is 2.26. The number of nitrogens with zero attached hydrogens (tertiary/aromatic N) is 2. The van der Waals surface area contributed by atoms with Crippen LogP contribution in [-0.2, 0) is 4.79 Å². The lowest BCUT2D eigenvalue weighted by Crippen LogP contribution is -2.19. The quantitative estimate of drug-likeness (QED) is 0.140. The Morgan fingerprint density at radius 1 is 1.03 bits per heavy atom. The molecule has 3 N–H and O–H groups in total. The van der Waals surface area contributed by atoms with E-state index in [4.69, 9.17) is 19.2 Å². The molecule has 1 amide bonds. The van der Waals surface area contributed by atoms with Crippen molar-refractivity contribution < 1.29 is 24.1 Å². The number of nitrogens with one attached hydrogen (secondary N) is 2. The van der Waals surface area contributed by atoms with Crippen LogP contribution < -0.4 is 19.6 Å². The predicted octanol–water partition coefficient (Wildman–Crippen LogP) is 5.11. The number of aromatic nitrogens is 2. The number of methoxy groups -OCH3 is 2. The highest BCUT2D eigenvalue weighted by molar-refractivity contribution is 7.99. The second-order valence-corrected chi connectivity index (χ2v) is 8.93. The van der Waals surface area contributed by atoms with Crippen LogP contribution in [0.3, 0.4) is 0 Å². The molecule has 0 aliphatic rings. The van der Waals surface area contributed by atoms with Gasteiger partial charge in [0.1, 0.15) is 11.5 Å². The third-order valence-electron chi connectivity index (χ3n) is 5.45. The number of H-pyrrole nitrogens is 1. The number of benzene rings is 3. The minimum absolute atomic E-state index is 0.0471. The van der Waals surface area contributed by atoms with Crippen LogP contribution in [0.25, 0.3) is 22.5 Å². The number of hydrogen-bond donors (Lipinski definition) is 3. The number of carbonyl (C=O) groups excluding carboxylic acids is 1. The van der Waals surface area contributed by atoms with Crippen LogP contribution in [0.15, 0.2) is 77.0 Å². The molecule has 0 aliphatic heterocycles. The van der Waals surface area contributed by atoms with E-state index in [9.17, 15) is 9.90 Å². The third-order valence-corrected chi connectivity index (χ3v) is 6.32. The number of imidazole rings is 1. The molecule has 0 fully saturated rings. The number of carbonyl (C=O) groups is 1. The zero-order valence-corrected chi connectivity index (χ0v) is 22.0. The summed E-state index contributed by atoms with van der Waals surface area (Å²) in [5, 5.41) is 14.4. The van der Waals surface area contributed by atoms with Crippen molar-refractivity contribution in [3.63, 3.8) is 0 Å². The molecule has 0 saturated carbocycles. The summed E-state index contributed by atoms with van der Waals surface area (Å²) in [4.78, 5) is 20.5. The Bertz CT molecular complexity index is 1340. The highest BCUT2D eigenvalue weighted by Crippen LogP contribution is 2.34. The molecular formula is C28H28N4O5S. The maximum Gasteiger partial charge on any atom is 0.250 e. The van der Waals surface area contributed by atoms with Gasteiger partial charge in [0.2, 0.25) is 0 Å². The highest BCUT2D eigenvalue weighted by Gasteiger charge is 2.16. The summed E-state index contributed by atoms with van der Waals surface area (Å²) in [6.07, 6.45) is 1.49. The number of hydrogen-bond acceptors (Lipinski definition) is 8. The Kier molecular flexibility index (Phi) is 8.89. The Labute approximate surface area is 224 Å². The van der Waals surface area contributed by atoms with Gasteiger partial charge in [0, 0.05) is 11.1 Å². The predicted molar refractivity (Wildman–Crippen MR) is 148 cm³/mol. The van der Waals surface area contributed by atoms with Gasteiger partial charge in [0.15, 0.2) is 16.7 Å². The lowest BCUT2D eigenvalue weighted by molar-refractivity contribution is -0.118. The van der Waals surface area contributed by atoms with Gasteiger partial charge in [-0.15, -0.1) is 0 Å². The van der Waals surface area contributed by atoms with Crippen molar-refractivity contribution in [3.05, 3.63) is 72.3 Å². The van der Waals surface area contributed by atoms with Crippen molar-refractivity contribution in [2.75, 3.05) is 26.6 Å². The van der Waals surface area contributed by atoms with Gasteiger partial charge >= 0.3 is 0 Å². The Morgan fingerprint density at radius 2 is 1.68 bits per heavy atom. The Balaban J connectivity index is 1.46. The fraction of sp³-hybridized carbons (Fsp3) is 0.179. The molecule has 196 valence electrons. The van der Waals surface area contributed by atoms with Crippen LogP contribution in [0.4, 0.5) is 0 Å². The van der Waals surface area contributed by atoms with Gasteiger partial charge < -0.3 is 24.3 Å². The largest absolute Gasteiger partial charge is 0.504 e. The van der Waals surface area contributed by atoms with E-state index >= 15 is 0 Å². The lowest BCUT2D eigenvalue weighted by Gasteiger charge is -2.06. The van der Waals surface area contributed by atoms with Crippen molar-refractivity contribution in [2.45, 2.75) is 12.1 Å². The van der Waals surface area contributed by atoms with E-state index in [0.717, 1.165) is 34.0 Å². The zero-order chi connectivity index (χ0) is 26.9. The minimum Gasteiger partial charge on any atom is -0.504 e. The summed E-state index contributed by atoms with van der Waals surface area (Å²) in [5.74, 6) is 1.73. The van der Waals surface area contributed by atoms with E-state index in [1.807, 2.05) is 55.5 Å². The van der Waals surface area contributed by atoms with Crippen LogP contribution >= 0.6 is 11.8 Å². The van der Waals surface area contributed by atoms with E-state index in [1.54, 1.807) is 26.4 Å². The van der Waals surface area contributed by atoms with Crippen LogP contribution in [0.5, 0.6) is 23.0 Å². The number of aromatic amines is 1. The highest BCUT2D eigenvalue weighted by atomic mass is 32.2. The molecule has 1 aromatic heterocycles. The van der Waals surface area contributed by atoms with E-state index in [2.05, 4.69) is 15.5 Å². The molecule has 10 heteroatoms. The van der Waals surface area contributed by atoms with Crippen LogP contribution in [-0.4, -0.2) is 53.8 Å². The first-order valence-corrected chi connectivity index (χ1v) is 12.8. The molecule has 38 heavy (non-hydrogen) atoms. The van der Waals surface area contributed by atoms with Gasteiger partial charge in [0.25, 0.3) is 5.91 Å². The van der Waals surface area contributed by atoms with Gasteiger partial charge in [-0.1, -0.05) is 11.8 Å². The van der Waals surface area contributed by atoms with E-state index in [0.29, 0.717) is 23.1 Å². The van der Waals surface area contributed by atoms with Gasteiger partial charge in [-0.3, -0.25) is 4.79 Å². The van der Waals surface area contributed by atoms with Gasteiger partial charge in [-0.05, 0) is 79.2 Å². The SMILES string of the molecule is CCOc1cc(/C=N/NC(=O)CSc2nc(-c3ccc(OC)cc3)c(-c3ccc(OC)cc3)[nH]2)ccc1O. The summed E-state index contributed by atoms with van der Waals surface area (Å²) < 4.78 is 15.9. The molecule has 1 heterocycles. The standard InChI is InChI=1S/C28H28N4O5S/c1-4-37-24-15-18(5-14-23(24)33)16-29-32-25(34)17-38-28-30-26(19-6-10-21(35-2)11-7-19)27(31-28)20-8-12-22(36-3)13-9-20/h5-16,33H,4,17H2,1-3H3,(H,30,31)(H,32,34)/b29-16+. The molecule has 4 rings (SSSR count). The first kappa shape index (κ1) is 26.6. The Hall–Kier alpha value is -4.44. The van der Waals surface area contributed by atoms with E-state index in [-0.39, 0.29) is 17.4 Å². The number of ether oxygens (including phenoxy) is 3. The summed E-state index contributed by atoms with van der Waals surface area (Å²) in [5.41, 5.74) is 6.63. The average molecular weight is 533 g/mol. The monoisotopic (exact) mass is 532 g/mol. The normalized spacial score (nSPS) is 10.9. The molecule has 3 aromatic carbocycles. The van der Waals surface area contributed by atoms with Crippen LogP contribution in [0, 0.1) is 0 Å². The molecule has 4 aromatic rings. The molecule has 0 atom stereocenters. The topological polar surface area (TPSA) is 118 Å². The fourth-order valence-corrected chi connectivity index (χ4v) is 4.23. The number of phenols is 1. The van der Waals surface area contributed by atoms with Crippen LogP contribution in [0.2, 0.25) is 0 Å². The molecule has 0 radical (unpaired) electrons. The third kappa shape index (κ3) is 6.65. The van der Waals surface area contributed by atoms with Gasteiger partial charge in [-0.2, -0.15) is 5.10 Å². The number of amides is 1. The molecule has 0 aliphatic carbocycles. The minimum atomic E-state index is -0.288. The molecule has 0 spiro atoms. The van der Waals surface area contributed by atoms with Crippen molar-refractivity contribution in [1.29, 1.82) is 0 Å². The maximum absolute atomic E-state index is 12.4. The van der Waals surface area contributed by atoms with E-state index in [1.165, 1.54) is 24.0 Å². The Morgan fingerprint density at radius 3 is 2.32 bits per heavy atom. The molecule has 9 nitrogen and oxygen atoms in total. The molecule has 0 bridgehead atoms.